The predicted octanol–water partition coefficient (Wildman–Crippen LogP) is 3.24. The molecule has 0 heterocycles. The molecule has 0 aromatic heterocycles. The summed E-state index contributed by atoms with van der Waals surface area (Å²) in [7, 11) is 0. The second-order valence-corrected chi connectivity index (χ2v) is 5.46. The van der Waals surface area contributed by atoms with Crippen molar-refractivity contribution in [1.82, 2.24) is 5.32 Å². The highest BCUT2D eigenvalue weighted by molar-refractivity contribution is 5.67. The zero-order valence-corrected chi connectivity index (χ0v) is 10.3. The fraction of sp³-hybridized carbons (Fsp3) is 0.909. The van der Waals surface area contributed by atoms with E-state index in [-0.39, 0.29) is 25.8 Å². The Morgan fingerprint density at radius 3 is 2.18 bits per heavy atom. The number of ether oxygens (including phenoxy) is 1. The molecule has 6 heteroatoms. The van der Waals surface area contributed by atoms with E-state index < -0.39 is 23.3 Å². The van der Waals surface area contributed by atoms with Crippen molar-refractivity contribution in [3.05, 3.63) is 0 Å². The van der Waals surface area contributed by atoms with E-state index in [1.54, 1.807) is 20.8 Å². The van der Waals surface area contributed by atoms with Gasteiger partial charge in [0.1, 0.15) is 5.60 Å². The van der Waals surface area contributed by atoms with Gasteiger partial charge in [0.25, 0.3) is 0 Å². The lowest BCUT2D eigenvalue weighted by Crippen LogP contribution is -2.35. The summed E-state index contributed by atoms with van der Waals surface area (Å²) in [5.41, 5.74) is -2.20. The molecule has 1 rings (SSSR count). The van der Waals surface area contributed by atoms with E-state index in [9.17, 15) is 18.0 Å². The van der Waals surface area contributed by atoms with Crippen molar-refractivity contribution in [3.63, 3.8) is 0 Å². The lowest BCUT2D eigenvalue weighted by Gasteiger charge is -2.21. The Balaban J connectivity index is 2.28. The summed E-state index contributed by atoms with van der Waals surface area (Å²) >= 11 is 0. The normalized spacial score (nSPS) is 18.7. The summed E-state index contributed by atoms with van der Waals surface area (Å²) in [6.07, 6.45) is -4.59. The van der Waals surface area contributed by atoms with Crippen molar-refractivity contribution >= 4 is 6.09 Å². The van der Waals surface area contributed by atoms with Gasteiger partial charge in [-0.2, -0.15) is 13.2 Å². The summed E-state index contributed by atoms with van der Waals surface area (Å²) in [5, 5.41) is 2.35. The topological polar surface area (TPSA) is 38.3 Å². The number of hydrogen-bond acceptors (Lipinski definition) is 2. The number of amides is 1. The Bertz CT molecular complexity index is 290. The minimum absolute atomic E-state index is 0.00553. The third kappa shape index (κ3) is 4.09. The molecule has 0 aromatic carbocycles. The van der Waals surface area contributed by atoms with Crippen LogP contribution in [0.5, 0.6) is 0 Å². The molecular weight excluding hydrogens is 235 g/mol. The molecule has 0 spiro atoms. The number of halogens is 3. The van der Waals surface area contributed by atoms with Crippen LogP contribution >= 0.6 is 0 Å². The molecule has 3 nitrogen and oxygen atoms in total. The minimum atomic E-state index is -4.16. The predicted molar refractivity (Wildman–Crippen MR) is 56.6 cm³/mol. The third-order valence-electron chi connectivity index (χ3n) is 2.73. The van der Waals surface area contributed by atoms with Crippen molar-refractivity contribution in [2.24, 2.45) is 5.41 Å². The SMILES string of the molecule is CC(C)(C)OC(=O)NCCC1(C(F)(F)F)CC1. The third-order valence-corrected chi connectivity index (χ3v) is 2.73. The van der Waals surface area contributed by atoms with E-state index >= 15 is 0 Å². The van der Waals surface area contributed by atoms with Crippen LogP contribution in [0.3, 0.4) is 0 Å². The average molecular weight is 253 g/mol. The first-order chi connectivity index (χ1) is 7.56. The molecule has 100 valence electrons. The van der Waals surface area contributed by atoms with Crippen molar-refractivity contribution in [1.29, 1.82) is 0 Å². The van der Waals surface area contributed by atoms with E-state index in [2.05, 4.69) is 5.32 Å². The maximum Gasteiger partial charge on any atom is 0.407 e. The number of nitrogens with one attached hydrogen (secondary N) is 1. The number of alkyl carbamates (subject to hydrolysis) is 1. The molecule has 0 aliphatic heterocycles. The van der Waals surface area contributed by atoms with Crippen LogP contribution in [0.25, 0.3) is 0 Å². The number of rotatable bonds is 3. The first kappa shape index (κ1) is 14.1. The van der Waals surface area contributed by atoms with Crippen LogP contribution in [0.1, 0.15) is 40.0 Å². The highest BCUT2D eigenvalue weighted by atomic mass is 19.4. The van der Waals surface area contributed by atoms with Gasteiger partial charge >= 0.3 is 12.3 Å². The lowest BCUT2D eigenvalue weighted by atomic mass is 10.0. The number of hydrogen-bond donors (Lipinski definition) is 1. The zero-order valence-electron chi connectivity index (χ0n) is 10.3. The van der Waals surface area contributed by atoms with Crippen LogP contribution in [0.15, 0.2) is 0 Å². The van der Waals surface area contributed by atoms with Crippen LogP contribution in [0, 0.1) is 5.41 Å². The van der Waals surface area contributed by atoms with Gasteiger partial charge < -0.3 is 10.1 Å². The number of alkyl halides is 3. The molecule has 1 aliphatic rings. The smallest absolute Gasteiger partial charge is 0.407 e. The quantitative estimate of drug-likeness (QED) is 0.838. The fourth-order valence-corrected chi connectivity index (χ4v) is 1.54. The van der Waals surface area contributed by atoms with E-state index in [0.717, 1.165) is 0 Å². The van der Waals surface area contributed by atoms with Crippen molar-refractivity contribution in [2.45, 2.75) is 51.8 Å². The molecule has 0 radical (unpaired) electrons. The second-order valence-electron chi connectivity index (χ2n) is 5.46. The van der Waals surface area contributed by atoms with Gasteiger partial charge in [-0.3, -0.25) is 0 Å². The van der Waals surface area contributed by atoms with E-state index in [0.29, 0.717) is 0 Å². The molecular formula is C11H18F3NO2. The van der Waals surface area contributed by atoms with Gasteiger partial charge in [0.2, 0.25) is 0 Å². The summed E-state index contributed by atoms with van der Waals surface area (Å²) in [5.74, 6) is 0. The Labute approximate surface area is 98.7 Å². The van der Waals surface area contributed by atoms with Crippen molar-refractivity contribution in [2.75, 3.05) is 6.54 Å². The molecule has 1 N–H and O–H groups in total. The Kier molecular flexibility index (Phi) is 3.64. The molecule has 0 saturated heterocycles. The summed E-state index contributed by atoms with van der Waals surface area (Å²) in [6, 6.07) is 0. The summed E-state index contributed by atoms with van der Waals surface area (Å²) in [6.45, 7) is 5.09. The first-order valence-corrected chi connectivity index (χ1v) is 5.59. The van der Waals surface area contributed by atoms with E-state index in [1.165, 1.54) is 0 Å². The molecule has 0 aromatic rings. The lowest BCUT2D eigenvalue weighted by molar-refractivity contribution is -0.188. The zero-order chi connectivity index (χ0) is 13.3. The van der Waals surface area contributed by atoms with Gasteiger partial charge in [0.05, 0.1) is 5.41 Å². The van der Waals surface area contributed by atoms with Gasteiger partial charge in [0, 0.05) is 6.54 Å². The van der Waals surface area contributed by atoms with Crippen LogP contribution < -0.4 is 5.32 Å². The Hall–Kier alpha value is -0.940. The summed E-state index contributed by atoms with van der Waals surface area (Å²) < 4.78 is 42.6. The number of carbonyl (C=O) groups excluding carboxylic acids is 1. The Morgan fingerprint density at radius 2 is 1.82 bits per heavy atom. The van der Waals surface area contributed by atoms with Crippen LogP contribution in [0.4, 0.5) is 18.0 Å². The molecule has 1 fully saturated rings. The molecule has 0 bridgehead atoms. The van der Waals surface area contributed by atoms with Crippen molar-refractivity contribution < 1.29 is 22.7 Å². The molecule has 1 aliphatic carbocycles. The van der Waals surface area contributed by atoms with Gasteiger partial charge in [-0.05, 0) is 40.0 Å². The maximum absolute atomic E-state index is 12.5. The number of carbonyl (C=O) groups is 1. The highest BCUT2D eigenvalue weighted by Crippen LogP contribution is 2.59. The van der Waals surface area contributed by atoms with Crippen LogP contribution in [-0.4, -0.2) is 24.4 Å². The van der Waals surface area contributed by atoms with Crippen molar-refractivity contribution in [3.8, 4) is 0 Å². The Morgan fingerprint density at radius 1 is 1.29 bits per heavy atom. The van der Waals surface area contributed by atoms with E-state index in [1.807, 2.05) is 0 Å². The molecule has 1 saturated carbocycles. The second kappa shape index (κ2) is 4.38. The molecule has 17 heavy (non-hydrogen) atoms. The highest BCUT2D eigenvalue weighted by Gasteiger charge is 2.62. The van der Waals surface area contributed by atoms with Gasteiger partial charge in [-0.1, -0.05) is 0 Å². The molecule has 0 unspecified atom stereocenters. The van der Waals surface area contributed by atoms with Crippen LogP contribution in [0.2, 0.25) is 0 Å². The monoisotopic (exact) mass is 253 g/mol. The average Bonchev–Trinajstić information content (AvgIpc) is 2.79. The molecule has 1 amide bonds. The first-order valence-electron chi connectivity index (χ1n) is 5.59. The maximum atomic E-state index is 12.5. The van der Waals surface area contributed by atoms with E-state index in [4.69, 9.17) is 4.74 Å². The standard InChI is InChI=1S/C11H18F3NO2/c1-9(2,3)17-8(16)15-7-6-10(4-5-10)11(12,13)14/h4-7H2,1-3H3,(H,15,16). The minimum Gasteiger partial charge on any atom is -0.444 e. The molecule has 0 atom stereocenters. The van der Waals surface area contributed by atoms with Gasteiger partial charge in [0.15, 0.2) is 0 Å². The largest absolute Gasteiger partial charge is 0.444 e. The van der Waals surface area contributed by atoms with Gasteiger partial charge in [-0.25, -0.2) is 4.79 Å². The van der Waals surface area contributed by atoms with Gasteiger partial charge in [-0.15, -0.1) is 0 Å². The fourth-order valence-electron chi connectivity index (χ4n) is 1.54. The van der Waals surface area contributed by atoms with Crippen LogP contribution in [-0.2, 0) is 4.74 Å². The summed E-state index contributed by atoms with van der Waals surface area (Å²) in [4.78, 5) is 11.2.